The maximum absolute atomic E-state index is 13.0. The summed E-state index contributed by atoms with van der Waals surface area (Å²) in [4.78, 5) is 0. The lowest BCUT2D eigenvalue weighted by atomic mass is 10.1. The van der Waals surface area contributed by atoms with Crippen molar-refractivity contribution in [2.75, 3.05) is 0 Å². The van der Waals surface area contributed by atoms with Crippen LogP contribution in [0.3, 0.4) is 0 Å². The molecule has 0 atom stereocenters. The van der Waals surface area contributed by atoms with Gasteiger partial charge in [-0.1, -0.05) is 18.2 Å². The van der Waals surface area contributed by atoms with E-state index in [0.717, 1.165) is 22.4 Å². The van der Waals surface area contributed by atoms with Gasteiger partial charge in [0.15, 0.2) is 0 Å². The summed E-state index contributed by atoms with van der Waals surface area (Å²) >= 11 is 0. The highest BCUT2D eigenvalue weighted by molar-refractivity contribution is 5.36. The predicted molar refractivity (Wildman–Crippen MR) is 71.4 cm³/mol. The molecule has 0 saturated heterocycles. The minimum Gasteiger partial charge on any atom is -0.489 e. The number of hydrogen-bond donors (Lipinski definition) is 0. The Bertz CT molecular complexity index is 561. The van der Waals surface area contributed by atoms with Crippen LogP contribution >= 0.6 is 0 Å². The Morgan fingerprint density at radius 2 is 1.72 bits per heavy atom. The molecule has 2 aromatic carbocycles. The molecule has 2 aromatic rings. The first-order chi connectivity index (χ1) is 8.56. The average Bonchev–Trinajstić information content (AvgIpc) is 2.32. The van der Waals surface area contributed by atoms with Crippen molar-refractivity contribution in [3.63, 3.8) is 0 Å². The van der Waals surface area contributed by atoms with Gasteiger partial charge in [0.1, 0.15) is 18.2 Å². The summed E-state index contributed by atoms with van der Waals surface area (Å²) in [6.45, 7) is 6.42. The molecule has 0 aliphatic carbocycles. The molecule has 0 aliphatic rings. The molecule has 2 rings (SSSR count). The zero-order chi connectivity index (χ0) is 13.1. The highest BCUT2D eigenvalue weighted by Crippen LogP contribution is 2.21. The summed E-state index contributed by atoms with van der Waals surface area (Å²) in [7, 11) is 0. The molecule has 94 valence electrons. The van der Waals surface area contributed by atoms with Crippen molar-refractivity contribution < 1.29 is 9.13 Å². The van der Waals surface area contributed by atoms with Gasteiger partial charge in [-0.3, -0.25) is 0 Å². The molecule has 18 heavy (non-hydrogen) atoms. The summed E-state index contributed by atoms with van der Waals surface area (Å²) in [6.07, 6.45) is 0. The van der Waals surface area contributed by atoms with Crippen LogP contribution in [0.15, 0.2) is 36.4 Å². The molecule has 1 nitrogen and oxygen atoms in total. The second-order valence-corrected chi connectivity index (χ2v) is 4.63. The lowest BCUT2D eigenvalue weighted by Crippen LogP contribution is -1.99. The number of benzene rings is 2. The monoisotopic (exact) mass is 244 g/mol. The molecule has 0 amide bonds. The third-order valence-corrected chi connectivity index (χ3v) is 3.03. The Morgan fingerprint density at radius 3 is 2.44 bits per heavy atom. The molecule has 0 unspecified atom stereocenters. The van der Waals surface area contributed by atoms with Crippen molar-refractivity contribution in [2.45, 2.75) is 27.4 Å². The van der Waals surface area contributed by atoms with Gasteiger partial charge in [-0.15, -0.1) is 0 Å². The zero-order valence-electron chi connectivity index (χ0n) is 11.0. The highest BCUT2D eigenvalue weighted by Gasteiger charge is 2.03. The van der Waals surface area contributed by atoms with Gasteiger partial charge in [0.05, 0.1) is 0 Å². The molecule has 0 heterocycles. The fraction of sp³-hybridized carbons (Fsp3) is 0.250. The van der Waals surface area contributed by atoms with Crippen LogP contribution in [0.5, 0.6) is 5.75 Å². The molecule has 0 N–H and O–H groups in total. The van der Waals surface area contributed by atoms with E-state index in [-0.39, 0.29) is 5.82 Å². The van der Waals surface area contributed by atoms with E-state index >= 15 is 0 Å². The second-order valence-electron chi connectivity index (χ2n) is 4.63. The lowest BCUT2D eigenvalue weighted by molar-refractivity contribution is 0.303. The van der Waals surface area contributed by atoms with Crippen LogP contribution in [0.4, 0.5) is 4.39 Å². The number of aryl methyl sites for hydroxylation is 3. The van der Waals surface area contributed by atoms with Crippen molar-refractivity contribution in [1.29, 1.82) is 0 Å². The van der Waals surface area contributed by atoms with Gasteiger partial charge >= 0.3 is 0 Å². The average molecular weight is 244 g/mol. The Labute approximate surface area is 107 Å². The maximum Gasteiger partial charge on any atom is 0.123 e. The minimum atomic E-state index is -0.206. The molecular weight excluding hydrogens is 227 g/mol. The predicted octanol–water partition coefficient (Wildman–Crippen LogP) is 4.33. The van der Waals surface area contributed by atoms with Crippen LogP contribution in [0.25, 0.3) is 0 Å². The first-order valence-corrected chi connectivity index (χ1v) is 6.01. The SMILES string of the molecule is Cc1ccc(C)c(OCc2ccc(F)cc2C)c1. The number of rotatable bonds is 3. The van der Waals surface area contributed by atoms with Crippen LogP contribution in [-0.4, -0.2) is 0 Å². The fourth-order valence-corrected chi connectivity index (χ4v) is 1.84. The Morgan fingerprint density at radius 1 is 0.944 bits per heavy atom. The van der Waals surface area contributed by atoms with E-state index in [9.17, 15) is 4.39 Å². The first kappa shape index (κ1) is 12.6. The lowest BCUT2D eigenvalue weighted by Gasteiger charge is -2.11. The molecule has 0 saturated carbocycles. The summed E-state index contributed by atoms with van der Waals surface area (Å²) in [5.41, 5.74) is 4.21. The first-order valence-electron chi connectivity index (χ1n) is 6.01. The Hall–Kier alpha value is -1.83. The molecule has 0 aliphatic heterocycles. The number of hydrogen-bond acceptors (Lipinski definition) is 1. The van der Waals surface area contributed by atoms with Gasteiger partial charge < -0.3 is 4.74 Å². The normalized spacial score (nSPS) is 10.4. The van der Waals surface area contributed by atoms with Crippen molar-refractivity contribution >= 4 is 0 Å². The largest absolute Gasteiger partial charge is 0.489 e. The van der Waals surface area contributed by atoms with E-state index < -0.39 is 0 Å². The van der Waals surface area contributed by atoms with E-state index in [2.05, 4.69) is 6.07 Å². The maximum atomic E-state index is 13.0. The standard InChI is InChI=1S/C16H17FO/c1-11-4-5-12(2)16(8-11)18-10-14-6-7-15(17)9-13(14)3/h4-9H,10H2,1-3H3. The highest BCUT2D eigenvalue weighted by atomic mass is 19.1. The fourth-order valence-electron chi connectivity index (χ4n) is 1.84. The van der Waals surface area contributed by atoms with Crippen molar-refractivity contribution in [3.8, 4) is 5.75 Å². The molecule has 0 fully saturated rings. The molecule has 0 spiro atoms. The molecule has 0 bridgehead atoms. The molecule has 0 aromatic heterocycles. The van der Waals surface area contributed by atoms with Gasteiger partial charge in [-0.25, -0.2) is 4.39 Å². The molecule has 2 heteroatoms. The molecular formula is C16H17FO. The van der Waals surface area contributed by atoms with E-state index in [1.54, 1.807) is 6.07 Å². The summed E-state index contributed by atoms with van der Waals surface area (Å²) < 4.78 is 18.8. The van der Waals surface area contributed by atoms with Crippen molar-refractivity contribution in [2.24, 2.45) is 0 Å². The van der Waals surface area contributed by atoms with Crippen LogP contribution in [0.1, 0.15) is 22.3 Å². The third kappa shape index (κ3) is 2.89. The summed E-state index contributed by atoms with van der Waals surface area (Å²) in [6, 6.07) is 10.9. The molecule has 0 radical (unpaired) electrons. The number of halogens is 1. The van der Waals surface area contributed by atoms with Crippen LogP contribution in [-0.2, 0) is 6.61 Å². The minimum absolute atomic E-state index is 0.206. The van der Waals surface area contributed by atoms with E-state index in [1.807, 2.05) is 32.9 Å². The Balaban J connectivity index is 2.13. The van der Waals surface area contributed by atoms with Crippen molar-refractivity contribution in [3.05, 3.63) is 64.5 Å². The van der Waals surface area contributed by atoms with Gasteiger partial charge in [0.25, 0.3) is 0 Å². The Kier molecular flexibility index (Phi) is 3.66. The smallest absolute Gasteiger partial charge is 0.123 e. The third-order valence-electron chi connectivity index (χ3n) is 3.03. The second kappa shape index (κ2) is 5.21. The van der Waals surface area contributed by atoms with E-state index in [4.69, 9.17) is 4.74 Å². The van der Waals surface area contributed by atoms with Crippen molar-refractivity contribution in [1.82, 2.24) is 0 Å². The van der Waals surface area contributed by atoms with Crippen LogP contribution < -0.4 is 4.74 Å². The quantitative estimate of drug-likeness (QED) is 0.780. The zero-order valence-corrected chi connectivity index (χ0v) is 11.0. The van der Waals surface area contributed by atoms with E-state index in [1.165, 1.54) is 17.7 Å². The number of ether oxygens (including phenoxy) is 1. The summed E-state index contributed by atoms with van der Waals surface area (Å²) in [5.74, 6) is 0.682. The topological polar surface area (TPSA) is 9.23 Å². The van der Waals surface area contributed by atoms with Crippen LogP contribution in [0.2, 0.25) is 0 Å². The summed E-state index contributed by atoms with van der Waals surface area (Å²) in [5, 5.41) is 0. The van der Waals surface area contributed by atoms with Gasteiger partial charge in [0.2, 0.25) is 0 Å². The van der Waals surface area contributed by atoms with Gasteiger partial charge in [0, 0.05) is 0 Å². The van der Waals surface area contributed by atoms with Gasteiger partial charge in [-0.05, 0) is 61.2 Å². The van der Waals surface area contributed by atoms with E-state index in [0.29, 0.717) is 6.61 Å². The van der Waals surface area contributed by atoms with Gasteiger partial charge in [-0.2, -0.15) is 0 Å². The van der Waals surface area contributed by atoms with Crippen LogP contribution in [0, 0.1) is 26.6 Å².